The molecule has 6 rings (SSSR count). The van der Waals surface area contributed by atoms with Crippen molar-refractivity contribution in [2.24, 2.45) is 11.8 Å². The van der Waals surface area contributed by atoms with E-state index in [-0.39, 0.29) is 23.7 Å². The highest BCUT2D eigenvalue weighted by molar-refractivity contribution is 6.32. The van der Waals surface area contributed by atoms with E-state index in [4.69, 9.17) is 16.3 Å². The number of nitrogens with zero attached hydrogens (tertiary/aromatic N) is 3. The number of aromatic nitrogens is 1. The number of aromatic amines is 1. The molecule has 9 nitrogen and oxygen atoms in total. The molecular weight excluding hydrogens is 602 g/mol. The third-order valence-corrected chi connectivity index (χ3v) is 9.35. The number of likely N-dealkylation sites (tertiary alicyclic amines) is 1. The number of rotatable bonds is 8. The van der Waals surface area contributed by atoms with Gasteiger partial charge in [0, 0.05) is 66.3 Å². The van der Waals surface area contributed by atoms with Crippen LogP contribution in [0.5, 0.6) is 5.75 Å². The van der Waals surface area contributed by atoms with Crippen LogP contribution in [0.2, 0.25) is 5.02 Å². The number of halogens is 1. The van der Waals surface area contributed by atoms with Crippen molar-refractivity contribution >= 4 is 46.1 Å². The van der Waals surface area contributed by atoms with Crippen molar-refractivity contribution in [1.82, 2.24) is 20.1 Å². The number of para-hydroxylation sites is 2. The summed E-state index contributed by atoms with van der Waals surface area (Å²) in [5.74, 6) is 0.00990. The summed E-state index contributed by atoms with van der Waals surface area (Å²) < 4.78 is 5.50. The van der Waals surface area contributed by atoms with Crippen molar-refractivity contribution in [1.29, 1.82) is 0 Å². The maximum atomic E-state index is 14.6. The molecule has 10 heteroatoms. The molecule has 2 aliphatic heterocycles. The van der Waals surface area contributed by atoms with Crippen LogP contribution in [-0.4, -0.2) is 79.0 Å². The van der Waals surface area contributed by atoms with E-state index in [2.05, 4.69) is 15.2 Å². The minimum atomic E-state index is -0.794. The fraction of sp³-hybridized carbons (Fsp3) is 0.361. The van der Waals surface area contributed by atoms with Gasteiger partial charge in [-0.2, -0.15) is 0 Å². The van der Waals surface area contributed by atoms with Gasteiger partial charge >= 0.3 is 6.09 Å². The molecule has 2 atom stereocenters. The fourth-order valence-electron chi connectivity index (χ4n) is 6.74. The number of ether oxygens (including phenoxy) is 1. The molecule has 240 valence electrons. The summed E-state index contributed by atoms with van der Waals surface area (Å²) in [5.41, 5.74) is 3.70. The van der Waals surface area contributed by atoms with E-state index in [1.54, 1.807) is 17.0 Å². The van der Waals surface area contributed by atoms with Crippen molar-refractivity contribution in [3.05, 3.63) is 95.1 Å². The quantitative estimate of drug-likeness (QED) is 0.264. The number of hydrogen-bond acceptors (Lipinski definition) is 5. The molecule has 2 aliphatic rings. The molecular formula is C36H40ClN5O4. The SMILES string of the molecule is CN(C)C[C@H]1Cc2c(Cl)cccc2N(C(=O)[C@@H](Cc2c[nH]c3ccccc23)NC(=O)C2CCN(C(=O)Oc3ccccc3)CC2)C1. The van der Waals surface area contributed by atoms with Gasteiger partial charge in [-0.05, 0) is 80.7 Å². The summed E-state index contributed by atoms with van der Waals surface area (Å²) in [5, 5.41) is 4.82. The Morgan fingerprint density at radius 3 is 2.50 bits per heavy atom. The van der Waals surface area contributed by atoms with E-state index >= 15 is 0 Å². The summed E-state index contributed by atoms with van der Waals surface area (Å²) >= 11 is 6.68. The molecule has 0 aliphatic carbocycles. The van der Waals surface area contributed by atoms with E-state index in [0.717, 1.165) is 40.7 Å². The number of carbonyl (C=O) groups is 3. The predicted octanol–water partition coefficient (Wildman–Crippen LogP) is 5.53. The zero-order valence-corrected chi connectivity index (χ0v) is 27.0. The third kappa shape index (κ3) is 7.06. The standard InChI is InChI=1S/C36H40ClN5O4/c1-40(2)22-24-19-29-30(37)12-8-14-33(29)42(23-24)35(44)32(20-26-21-38-31-13-7-6-11-28(26)31)39-34(43)25-15-17-41(18-16-25)36(45)46-27-9-4-3-5-10-27/h3-14,21,24-25,32,38H,15-20,22-23H2,1-2H3,(H,39,43)/t24-,32-/m1/s1. The number of nitrogens with one attached hydrogen (secondary N) is 2. The normalized spacial score (nSPS) is 17.5. The number of benzene rings is 3. The fourth-order valence-corrected chi connectivity index (χ4v) is 6.98. The molecule has 3 amide bonds. The van der Waals surface area contributed by atoms with Crippen molar-refractivity contribution in [2.45, 2.75) is 31.7 Å². The van der Waals surface area contributed by atoms with E-state index in [1.165, 1.54) is 0 Å². The number of carbonyl (C=O) groups excluding carboxylic acids is 3. The molecule has 0 unspecified atom stereocenters. The topological polar surface area (TPSA) is 98.0 Å². The molecule has 1 fully saturated rings. The van der Waals surface area contributed by atoms with Crippen LogP contribution in [0.15, 0.2) is 79.0 Å². The largest absolute Gasteiger partial charge is 0.415 e. The minimum absolute atomic E-state index is 0.158. The van der Waals surface area contributed by atoms with Crippen LogP contribution in [0.3, 0.4) is 0 Å². The number of H-pyrrole nitrogens is 1. The Morgan fingerprint density at radius 1 is 1.00 bits per heavy atom. The van der Waals surface area contributed by atoms with Crippen molar-refractivity contribution in [2.75, 3.05) is 45.2 Å². The average molecular weight is 642 g/mol. The summed E-state index contributed by atoms with van der Waals surface area (Å²) in [7, 11) is 4.06. The monoisotopic (exact) mass is 641 g/mol. The number of amides is 3. The second-order valence-electron chi connectivity index (χ2n) is 12.6. The van der Waals surface area contributed by atoms with Crippen LogP contribution in [-0.2, 0) is 22.4 Å². The first-order chi connectivity index (χ1) is 22.3. The summed E-state index contributed by atoms with van der Waals surface area (Å²) in [6.07, 6.45) is 3.58. The lowest BCUT2D eigenvalue weighted by Gasteiger charge is -2.38. The van der Waals surface area contributed by atoms with Gasteiger partial charge in [0.05, 0.1) is 0 Å². The first kappa shape index (κ1) is 31.6. The van der Waals surface area contributed by atoms with Gasteiger partial charge in [-0.1, -0.05) is 54.1 Å². The van der Waals surface area contributed by atoms with Gasteiger partial charge in [-0.25, -0.2) is 4.79 Å². The Morgan fingerprint density at radius 2 is 1.74 bits per heavy atom. The maximum absolute atomic E-state index is 14.6. The number of anilines is 1. The first-order valence-corrected chi connectivity index (χ1v) is 16.2. The summed E-state index contributed by atoms with van der Waals surface area (Å²) in [6, 6.07) is 21.8. The predicted molar refractivity (Wildman–Crippen MR) is 180 cm³/mol. The van der Waals surface area contributed by atoms with Gasteiger partial charge < -0.3 is 29.7 Å². The summed E-state index contributed by atoms with van der Waals surface area (Å²) in [4.78, 5) is 50.0. The molecule has 46 heavy (non-hydrogen) atoms. The lowest BCUT2D eigenvalue weighted by atomic mass is 9.90. The van der Waals surface area contributed by atoms with Crippen molar-refractivity contribution in [3.63, 3.8) is 0 Å². The van der Waals surface area contributed by atoms with E-state index in [1.807, 2.05) is 85.9 Å². The third-order valence-electron chi connectivity index (χ3n) is 8.99. The van der Waals surface area contributed by atoms with Gasteiger partial charge in [0.1, 0.15) is 11.8 Å². The molecule has 1 aromatic heterocycles. The van der Waals surface area contributed by atoms with Crippen LogP contribution in [0.4, 0.5) is 10.5 Å². The Balaban J connectivity index is 1.21. The lowest BCUT2D eigenvalue weighted by molar-refractivity contribution is -0.131. The molecule has 2 N–H and O–H groups in total. The lowest BCUT2D eigenvalue weighted by Crippen LogP contribution is -2.55. The number of hydrogen-bond donors (Lipinski definition) is 2. The van der Waals surface area contributed by atoms with Crippen LogP contribution >= 0.6 is 11.6 Å². The number of fused-ring (bicyclic) bond motifs is 2. The van der Waals surface area contributed by atoms with Gasteiger partial charge in [0.25, 0.3) is 0 Å². The summed E-state index contributed by atoms with van der Waals surface area (Å²) in [6.45, 7) is 2.13. The second-order valence-corrected chi connectivity index (χ2v) is 13.0. The smallest absolute Gasteiger partial charge is 0.410 e. The molecule has 0 spiro atoms. The van der Waals surface area contributed by atoms with Crippen molar-refractivity contribution in [3.8, 4) is 5.75 Å². The number of piperidine rings is 1. The first-order valence-electron chi connectivity index (χ1n) is 15.9. The van der Waals surface area contributed by atoms with E-state index < -0.39 is 12.1 Å². The van der Waals surface area contributed by atoms with Crippen LogP contribution in [0, 0.1) is 11.8 Å². The highest BCUT2D eigenvalue weighted by Crippen LogP contribution is 2.36. The zero-order valence-electron chi connectivity index (χ0n) is 26.2. The van der Waals surface area contributed by atoms with Gasteiger partial charge in [-0.15, -0.1) is 0 Å². The molecule has 0 radical (unpaired) electrons. The highest BCUT2D eigenvalue weighted by Gasteiger charge is 2.36. The minimum Gasteiger partial charge on any atom is -0.410 e. The molecule has 3 aromatic carbocycles. The van der Waals surface area contributed by atoms with Crippen LogP contribution in [0.1, 0.15) is 24.0 Å². The second kappa shape index (κ2) is 14.0. The zero-order chi connectivity index (χ0) is 32.2. The highest BCUT2D eigenvalue weighted by atomic mass is 35.5. The average Bonchev–Trinajstić information content (AvgIpc) is 3.47. The van der Waals surface area contributed by atoms with Crippen LogP contribution in [0.25, 0.3) is 10.9 Å². The van der Waals surface area contributed by atoms with E-state index in [0.29, 0.717) is 49.7 Å². The van der Waals surface area contributed by atoms with E-state index in [9.17, 15) is 14.4 Å². The Kier molecular flexibility index (Phi) is 9.61. The molecule has 0 saturated carbocycles. The molecule has 0 bridgehead atoms. The Hall–Kier alpha value is -4.34. The van der Waals surface area contributed by atoms with Gasteiger partial charge in [0.2, 0.25) is 11.8 Å². The van der Waals surface area contributed by atoms with Gasteiger partial charge in [0.15, 0.2) is 0 Å². The van der Waals surface area contributed by atoms with Crippen LogP contribution < -0.4 is 15.0 Å². The molecule has 1 saturated heterocycles. The van der Waals surface area contributed by atoms with Crippen molar-refractivity contribution < 1.29 is 19.1 Å². The van der Waals surface area contributed by atoms with Gasteiger partial charge in [-0.3, -0.25) is 9.59 Å². The maximum Gasteiger partial charge on any atom is 0.415 e. The Bertz CT molecular complexity index is 1700. The molecule has 4 aromatic rings. The Labute approximate surface area is 274 Å². The molecule has 3 heterocycles.